The second-order valence-electron chi connectivity index (χ2n) is 3.20. The number of nitrogens with zero attached hydrogens (tertiary/aromatic N) is 1. The molecule has 1 aromatic heterocycles. The molecule has 0 radical (unpaired) electrons. The summed E-state index contributed by atoms with van der Waals surface area (Å²) in [4.78, 5) is 0. The highest BCUT2D eigenvalue weighted by Crippen LogP contribution is 2.31. The van der Waals surface area contributed by atoms with Crippen LogP contribution in [0.25, 0.3) is 0 Å². The molecular weight excluding hydrogens is 423 g/mol. The molecular formula is C8H8Br2F3NO2S2. The molecule has 104 valence electrons. The van der Waals surface area contributed by atoms with Crippen molar-refractivity contribution in [1.82, 2.24) is 4.31 Å². The van der Waals surface area contributed by atoms with Crippen molar-refractivity contribution in [3.05, 3.63) is 15.9 Å². The first-order chi connectivity index (χ1) is 8.18. The van der Waals surface area contributed by atoms with Gasteiger partial charge >= 0.3 is 6.18 Å². The van der Waals surface area contributed by atoms with E-state index >= 15 is 0 Å². The Balaban J connectivity index is 3.09. The third-order valence-corrected chi connectivity index (χ3v) is 6.70. The number of halogens is 5. The number of hydrogen-bond acceptors (Lipinski definition) is 3. The van der Waals surface area contributed by atoms with Crippen molar-refractivity contribution in [1.29, 1.82) is 0 Å². The standard InChI is InChI=1S/C8H8Br2F3NO2S2/c9-2-3-14(5-8(11,12)13)18(15,16)7-6(10)1-4-17-7/h1,4H,2-3,5H2. The normalized spacial score (nSPS) is 13.2. The van der Waals surface area contributed by atoms with Crippen molar-refractivity contribution in [2.45, 2.75) is 10.4 Å². The lowest BCUT2D eigenvalue weighted by atomic mass is 10.6. The summed E-state index contributed by atoms with van der Waals surface area (Å²) in [7, 11) is -4.13. The first kappa shape index (κ1) is 16.4. The summed E-state index contributed by atoms with van der Waals surface area (Å²) < 4.78 is 61.8. The lowest BCUT2D eigenvalue weighted by Gasteiger charge is -2.21. The van der Waals surface area contributed by atoms with E-state index in [0.29, 0.717) is 4.31 Å². The highest BCUT2D eigenvalue weighted by Gasteiger charge is 2.37. The fraction of sp³-hybridized carbons (Fsp3) is 0.500. The molecule has 0 spiro atoms. The van der Waals surface area contributed by atoms with Crippen molar-refractivity contribution in [2.24, 2.45) is 0 Å². The van der Waals surface area contributed by atoms with Crippen LogP contribution in [0, 0.1) is 0 Å². The van der Waals surface area contributed by atoms with Crippen LogP contribution in [0.4, 0.5) is 13.2 Å². The fourth-order valence-electron chi connectivity index (χ4n) is 1.16. The van der Waals surface area contributed by atoms with E-state index in [1.807, 2.05) is 0 Å². The molecule has 0 saturated carbocycles. The minimum absolute atomic E-state index is 0.118. The summed E-state index contributed by atoms with van der Waals surface area (Å²) in [6, 6.07) is 1.48. The van der Waals surface area contributed by atoms with Crippen molar-refractivity contribution in [3.63, 3.8) is 0 Å². The molecule has 0 N–H and O–H groups in total. The maximum Gasteiger partial charge on any atom is 0.402 e. The molecule has 3 nitrogen and oxygen atoms in total. The number of thiophene rings is 1. The van der Waals surface area contributed by atoms with Crippen LogP contribution in [0.2, 0.25) is 0 Å². The second kappa shape index (κ2) is 6.21. The second-order valence-corrected chi connectivity index (χ2v) is 7.90. The van der Waals surface area contributed by atoms with Crippen LogP contribution in [-0.4, -0.2) is 37.3 Å². The van der Waals surface area contributed by atoms with Gasteiger partial charge in [-0.1, -0.05) is 15.9 Å². The summed E-state index contributed by atoms with van der Waals surface area (Å²) in [5.74, 6) is 0. The SMILES string of the molecule is O=S(=O)(c1sccc1Br)N(CCBr)CC(F)(F)F. The molecule has 18 heavy (non-hydrogen) atoms. The molecule has 1 aromatic rings. The smallest absolute Gasteiger partial charge is 0.206 e. The van der Waals surface area contributed by atoms with E-state index in [0.717, 1.165) is 11.3 Å². The molecule has 0 fully saturated rings. The number of alkyl halides is 4. The molecule has 10 heteroatoms. The molecule has 0 atom stereocenters. The number of sulfonamides is 1. The number of rotatable bonds is 5. The van der Waals surface area contributed by atoms with Crippen molar-refractivity contribution in [3.8, 4) is 0 Å². The van der Waals surface area contributed by atoms with Crippen LogP contribution in [0.15, 0.2) is 20.1 Å². The summed E-state index contributed by atoms with van der Waals surface area (Å²) in [5, 5.41) is 1.63. The van der Waals surface area contributed by atoms with Gasteiger partial charge in [-0.05, 0) is 27.4 Å². The Hall–Kier alpha value is 0.360. The quantitative estimate of drug-likeness (QED) is 0.671. The van der Waals surface area contributed by atoms with E-state index in [2.05, 4.69) is 31.9 Å². The molecule has 0 aliphatic carbocycles. The zero-order chi connectivity index (χ0) is 14.0. The predicted molar refractivity (Wildman–Crippen MR) is 70.6 cm³/mol. The molecule has 1 rings (SSSR count). The molecule has 0 aliphatic rings. The van der Waals surface area contributed by atoms with Gasteiger partial charge < -0.3 is 0 Å². The van der Waals surface area contributed by atoms with Crippen LogP contribution < -0.4 is 0 Å². The summed E-state index contributed by atoms with van der Waals surface area (Å²) in [5.41, 5.74) is 0. The Kier molecular flexibility index (Phi) is 5.66. The monoisotopic (exact) mass is 429 g/mol. The minimum atomic E-state index is -4.57. The molecule has 0 aromatic carbocycles. The number of hydrogen-bond donors (Lipinski definition) is 0. The average molecular weight is 431 g/mol. The highest BCUT2D eigenvalue weighted by molar-refractivity contribution is 9.10. The molecule has 0 unspecified atom stereocenters. The summed E-state index contributed by atoms with van der Waals surface area (Å²) in [6.45, 7) is -1.74. The molecule has 0 amide bonds. The maximum atomic E-state index is 12.4. The first-order valence-corrected chi connectivity index (χ1v) is 8.78. The van der Waals surface area contributed by atoms with Crippen LogP contribution >= 0.6 is 43.2 Å². The Morgan fingerprint density at radius 2 is 2.00 bits per heavy atom. The summed E-state index contributed by atoms with van der Waals surface area (Å²) >= 11 is 6.84. The van der Waals surface area contributed by atoms with Crippen LogP contribution in [0.5, 0.6) is 0 Å². The zero-order valence-corrected chi connectivity index (χ0v) is 13.6. The van der Waals surface area contributed by atoms with Gasteiger partial charge in [0.2, 0.25) is 0 Å². The fourth-order valence-corrected chi connectivity index (χ4v) is 5.70. The van der Waals surface area contributed by atoms with E-state index < -0.39 is 22.7 Å². The van der Waals surface area contributed by atoms with Gasteiger partial charge in [0.15, 0.2) is 0 Å². The van der Waals surface area contributed by atoms with Gasteiger partial charge in [0.25, 0.3) is 10.0 Å². The van der Waals surface area contributed by atoms with Crippen LogP contribution in [-0.2, 0) is 10.0 Å². The lowest BCUT2D eigenvalue weighted by Crippen LogP contribution is -2.39. The van der Waals surface area contributed by atoms with E-state index in [1.165, 1.54) is 11.4 Å². The Morgan fingerprint density at radius 3 is 2.39 bits per heavy atom. The van der Waals surface area contributed by atoms with E-state index in [-0.39, 0.29) is 20.6 Å². The Morgan fingerprint density at radius 1 is 1.39 bits per heavy atom. The van der Waals surface area contributed by atoms with Gasteiger partial charge in [-0.2, -0.15) is 17.5 Å². The van der Waals surface area contributed by atoms with Gasteiger partial charge in [-0.3, -0.25) is 0 Å². The van der Waals surface area contributed by atoms with Crippen LogP contribution in [0.1, 0.15) is 0 Å². The molecule has 0 saturated heterocycles. The third-order valence-electron chi connectivity index (χ3n) is 1.85. The van der Waals surface area contributed by atoms with Gasteiger partial charge in [0.05, 0.1) is 0 Å². The van der Waals surface area contributed by atoms with E-state index in [4.69, 9.17) is 0 Å². The van der Waals surface area contributed by atoms with Crippen molar-refractivity contribution < 1.29 is 21.6 Å². The lowest BCUT2D eigenvalue weighted by molar-refractivity contribution is -0.135. The van der Waals surface area contributed by atoms with Gasteiger partial charge in [0.1, 0.15) is 10.8 Å². The largest absolute Gasteiger partial charge is 0.402 e. The van der Waals surface area contributed by atoms with Gasteiger partial charge in [-0.15, -0.1) is 11.3 Å². The third kappa shape index (κ3) is 4.19. The predicted octanol–water partition coefficient (Wildman–Crippen LogP) is 3.46. The topological polar surface area (TPSA) is 37.4 Å². The minimum Gasteiger partial charge on any atom is -0.206 e. The van der Waals surface area contributed by atoms with Crippen molar-refractivity contribution in [2.75, 3.05) is 18.4 Å². The van der Waals surface area contributed by atoms with E-state index in [1.54, 1.807) is 0 Å². The molecule has 1 heterocycles. The maximum absolute atomic E-state index is 12.4. The molecule has 0 aliphatic heterocycles. The first-order valence-electron chi connectivity index (χ1n) is 4.54. The van der Waals surface area contributed by atoms with Gasteiger partial charge in [-0.25, -0.2) is 8.42 Å². The zero-order valence-electron chi connectivity index (χ0n) is 8.75. The average Bonchev–Trinajstić information content (AvgIpc) is 2.62. The Labute approximate surface area is 123 Å². The highest BCUT2D eigenvalue weighted by atomic mass is 79.9. The molecule has 0 bridgehead atoms. The summed E-state index contributed by atoms with van der Waals surface area (Å²) in [6.07, 6.45) is -4.57. The van der Waals surface area contributed by atoms with Gasteiger partial charge in [0, 0.05) is 16.3 Å². The van der Waals surface area contributed by atoms with Crippen LogP contribution in [0.3, 0.4) is 0 Å². The van der Waals surface area contributed by atoms with Crippen molar-refractivity contribution >= 4 is 53.2 Å². The van der Waals surface area contributed by atoms with E-state index in [9.17, 15) is 21.6 Å². The Bertz CT molecular complexity index is 501.